The van der Waals surface area contributed by atoms with Crippen molar-refractivity contribution < 1.29 is 4.74 Å². The van der Waals surface area contributed by atoms with E-state index in [4.69, 9.17) is 4.74 Å². The van der Waals surface area contributed by atoms with Crippen molar-refractivity contribution in [2.45, 2.75) is 57.6 Å². The van der Waals surface area contributed by atoms with E-state index < -0.39 is 0 Å². The molecule has 0 unspecified atom stereocenters. The Morgan fingerprint density at radius 3 is 2.39 bits per heavy atom. The minimum atomic E-state index is 0.436. The highest BCUT2D eigenvalue weighted by Crippen LogP contribution is 2.27. The van der Waals surface area contributed by atoms with Crippen LogP contribution in [-0.2, 0) is 6.54 Å². The largest absolute Gasteiger partial charge is 0.490 e. The van der Waals surface area contributed by atoms with Crippen LogP contribution >= 0.6 is 0 Å². The molecule has 2 nitrogen and oxygen atoms in total. The smallest absolute Gasteiger partial charge is 0.120 e. The molecule has 23 heavy (non-hydrogen) atoms. The molecular formula is C21H27NO. The van der Waals surface area contributed by atoms with Gasteiger partial charge in [0.25, 0.3) is 0 Å². The van der Waals surface area contributed by atoms with Gasteiger partial charge in [-0.05, 0) is 86.1 Å². The number of likely N-dealkylation sites (tertiary alicyclic amines) is 1. The number of ether oxygens (including phenoxy) is 1. The lowest BCUT2D eigenvalue weighted by Crippen LogP contribution is -2.29. The lowest BCUT2D eigenvalue weighted by atomic mass is 10.0. The molecule has 122 valence electrons. The van der Waals surface area contributed by atoms with E-state index in [0.29, 0.717) is 6.10 Å². The predicted molar refractivity (Wildman–Crippen MR) is 96.0 cm³/mol. The topological polar surface area (TPSA) is 12.5 Å². The summed E-state index contributed by atoms with van der Waals surface area (Å²) in [6.45, 7) is 3.61. The van der Waals surface area contributed by atoms with E-state index in [9.17, 15) is 0 Å². The molecule has 1 aliphatic carbocycles. The molecule has 0 aromatic heterocycles. The van der Waals surface area contributed by atoms with E-state index in [1.165, 1.54) is 74.4 Å². The second-order valence-electron chi connectivity index (χ2n) is 7.20. The Bertz CT molecular complexity index is 654. The summed E-state index contributed by atoms with van der Waals surface area (Å²) in [5.41, 5.74) is 1.43. The third-order valence-corrected chi connectivity index (χ3v) is 5.34. The first kappa shape index (κ1) is 15.0. The van der Waals surface area contributed by atoms with E-state index in [2.05, 4.69) is 41.3 Å². The van der Waals surface area contributed by atoms with Gasteiger partial charge in [0, 0.05) is 6.54 Å². The molecule has 0 amide bonds. The monoisotopic (exact) mass is 309 g/mol. The van der Waals surface area contributed by atoms with Crippen molar-refractivity contribution in [1.29, 1.82) is 0 Å². The molecule has 0 bridgehead atoms. The third kappa shape index (κ3) is 3.69. The highest BCUT2D eigenvalue weighted by atomic mass is 16.5. The van der Waals surface area contributed by atoms with E-state index in [1.807, 2.05) is 0 Å². The van der Waals surface area contributed by atoms with Crippen LogP contribution in [0.5, 0.6) is 5.75 Å². The normalized spacial score (nSPS) is 20.2. The standard InChI is InChI=1S/C21H27NO/c1-4-12-22(13-5-1)16-17-8-9-19-15-21(11-10-18(19)14-17)23-20-6-2-3-7-20/h8-11,14-15,20H,1-7,12-13,16H2. The molecule has 1 heterocycles. The van der Waals surface area contributed by atoms with E-state index in [1.54, 1.807) is 0 Å². The van der Waals surface area contributed by atoms with Gasteiger partial charge in [0.05, 0.1) is 6.10 Å². The molecule has 0 N–H and O–H groups in total. The van der Waals surface area contributed by atoms with Gasteiger partial charge in [-0.2, -0.15) is 0 Å². The number of hydrogen-bond acceptors (Lipinski definition) is 2. The molecule has 0 radical (unpaired) electrons. The molecule has 1 saturated heterocycles. The fourth-order valence-electron chi connectivity index (χ4n) is 4.02. The van der Waals surface area contributed by atoms with E-state index >= 15 is 0 Å². The van der Waals surface area contributed by atoms with Gasteiger partial charge in [0.1, 0.15) is 5.75 Å². The summed E-state index contributed by atoms with van der Waals surface area (Å²) in [5.74, 6) is 1.04. The number of piperidine rings is 1. The van der Waals surface area contributed by atoms with Gasteiger partial charge in [0.2, 0.25) is 0 Å². The molecular weight excluding hydrogens is 282 g/mol. The van der Waals surface area contributed by atoms with Crippen molar-refractivity contribution in [3.63, 3.8) is 0 Å². The van der Waals surface area contributed by atoms with Gasteiger partial charge in [-0.3, -0.25) is 4.90 Å². The maximum atomic E-state index is 6.13. The first-order chi connectivity index (χ1) is 11.4. The minimum Gasteiger partial charge on any atom is -0.490 e. The van der Waals surface area contributed by atoms with Crippen LogP contribution in [0.2, 0.25) is 0 Å². The molecule has 2 aromatic rings. The lowest BCUT2D eigenvalue weighted by molar-refractivity contribution is 0.210. The number of nitrogens with zero attached hydrogens (tertiary/aromatic N) is 1. The average molecular weight is 309 g/mol. The summed E-state index contributed by atoms with van der Waals surface area (Å²) in [6.07, 6.45) is 9.62. The average Bonchev–Trinajstić information content (AvgIpc) is 3.09. The Labute approximate surface area is 139 Å². The van der Waals surface area contributed by atoms with Crippen molar-refractivity contribution in [3.05, 3.63) is 42.0 Å². The zero-order valence-corrected chi connectivity index (χ0v) is 14.0. The van der Waals surface area contributed by atoms with Crippen LogP contribution in [0.3, 0.4) is 0 Å². The minimum absolute atomic E-state index is 0.436. The van der Waals surface area contributed by atoms with Crippen molar-refractivity contribution in [3.8, 4) is 5.75 Å². The van der Waals surface area contributed by atoms with E-state index in [0.717, 1.165) is 12.3 Å². The summed E-state index contributed by atoms with van der Waals surface area (Å²) in [4.78, 5) is 2.59. The van der Waals surface area contributed by atoms with Crippen molar-refractivity contribution >= 4 is 10.8 Å². The summed E-state index contributed by atoms with van der Waals surface area (Å²) in [7, 11) is 0. The van der Waals surface area contributed by atoms with Crippen LogP contribution in [0.15, 0.2) is 36.4 Å². The summed E-state index contributed by atoms with van der Waals surface area (Å²) in [6, 6.07) is 13.5. The van der Waals surface area contributed by atoms with Crippen LogP contribution < -0.4 is 4.74 Å². The van der Waals surface area contributed by atoms with Crippen LogP contribution in [0.1, 0.15) is 50.5 Å². The lowest BCUT2D eigenvalue weighted by Gasteiger charge is -2.26. The molecule has 2 aliphatic rings. The fraction of sp³-hybridized carbons (Fsp3) is 0.524. The molecule has 0 atom stereocenters. The first-order valence-corrected chi connectivity index (χ1v) is 9.28. The van der Waals surface area contributed by atoms with Gasteiger partial charge >= 0.3 is 0 Å². The highest BCUT2D eigenvalue weighted by molar-refractivity contribution is 5.84. The molecule has 2 aromatic carbocycles. The number of fused-ring (bicyclic) bond motifs is 1. The molecule has 0 spiro atoms. The van der Waals surface area contributed by atoms with Gasteiger partial charge in [-0.1, -0.05) is 24.6 Å². The Morgan fingerprint density at radius 1 is 0.826 bits per heavy atom. The second kappa shape index (κ2) is 6.92. The molecule has 2 fully saturated rings. The van der Waals surface area contributed by atoms with Gasteiger partial charge in [-0.25, -0.2) is 0 Å². The molecule has 2 heteroatoms. The van der Waals surface area contributed by atoms with Gasteiger partial charge < -0.3 is 4.74 Å². The Morgan fingerprint density at radius 2 is 1.57 bits per heavy atom. The Kier molecular flexibility index (Phi) is 4.52. The second-order valence-corrected chi connectivity index (χ2v) is 7.20. The van der Waals surface area contributed by atoms with Crippen molar-refractivity contribution in [2.75, 3.05) is 13.1 Å². The predicted octanol–water partition coefficient (Wildman–Crippen LogP) is 5.15. The highest BCUT2D eigenvalue weighted by Gasteiger charge is 2.16. The Balaban J connectivity index is 1.48. The van der Waals surface area contributed by atoms with Gasteiger partial charge in [-0.15, -0.1) is 0 Å². The number of rotatable bonds is 4. The summed E-state index contributed by atoms with van der Waals surface area (Å²) >= 11 is 0. The van der Waals surface area contributed by atoms with Crippen LogP contribution in [-0.4, -0.2) is 24.1 Å². The number of hydrogen-bond donors (Lipinski definition) is 0. The summed E-state index contributed by atoms with van der Waals surface area (Å²) < 4.78 is 6.13. The van der Waals surface area contributed by atoms with Crippen LogP contribution in [0.25, 0.3) is 10.8 Å². The van der Waals surface area contributed by atoms with Gasteiger partial charge in [0.15, 0.2) is 0 Å². The molecule has 1 saturated carbocycles. The SMILES string of the molecule is c1cc2cc(OC3CCCC3)ccc2cc1CN1CCCCC1. The third-order valence-electron chi connectivity index (χ3n) is 5.34. The maximum Gasteiger partial charge on any atom is 0.120 e. The van der Waals surface area contributed by atoms with E-state index in [-0.39, 0.29) is 0 Å². The number of benzene rings is 2. The molecule has 1 aliphatic heterocycles. The fourth-order valence-corrected chi connectivity index (χ4v) is 4.02. The Hall–Kier alpha value is -1.54. The molecule has 4 rings (SSSR count). The maximum absolute atomic E-state index is 6.13. The zero-order valence-electron chi connectivity index (χ0n) is 14.0. The van der Waals surface area contributed by atoms with Crippen molar-refractivity contribution in [1.82, 2.24) is 4.90 Å². The summed E-state index contributed by atoms with van der Waals surface area (Å²) in [5, 5.41) is 2.63. The van der Waals surface area contributed by atoms with Crippen LogP contribution in [0, 0.1) is 0 Å². The van der Waals surface area contributed by atoms with Crippen LogP contribution in [0.4, 0.5) is 0 Å². The van der Waals surface area contributed by atoms with Crippen molar-refractivity contribution in [2.24, 2.45) is 0 Å². The first-order valence-electron chi connectivity index (χ1n) is 9.28. The quantitative estimate of drug-likeness (QED) is 0.774. The zero-order chi connectivity index (χ0) is 15.5.